The van der Waals surface area contributed by atoms with Crippen molar-refractivity contribution in [3.63, 3.8) is 0 Å². The largest absolute Gasteiger partial charge is 0.371 e. The number of alkyl halides is 2. The van der Waals surface area contributed by atoms with Gasteiger partial charge in [0.05, 0.1) is 12.7 Å². The Balaban J connectivity index is 2.43. The maximum absolute atomic E-state index is 13.3. The second-order valence-corrected chi connectivity index (χ2v) is 3.60. The predicted octanol–water partition coefficient (Wildman–Crippen LogP) is 2.66. The lowest BCUT2D eigenvalue weighted by molar-refractivity contribution is -0.0630. The highest BCUT2D eigenvalue weighted by molar-refractivity contribution is 4.87. The van der Waals surface area contributed by atoms with Crippen molar-refractivity contribution < 1.29 is 13.5 Å². The standard InChI is InChI=1S/C10H16F2O/c1-3-6-13-8-5-4-7(2)9(11)10(8)12/h3,7-10H,1,4-6H2,2H3/t7-,8?,9?,10?/m1/s1. The Morgan fingerprint density at radius 3 is 2.69 bits per heavy atom. The first-order valence-electron chi connectivity index (χ1n) is 4.67. The molecule has 1 rings (SSSR count). The van der Waals surface area contributed by atoms with E-state index in [1.807, 2.05) is 0 Å². The van der Waals surface area contributed by atoms with Gasteiger partial charge in [-0.05, 0) is 18.8 Å². The lowest BCUT2D eigenvalue weighted by Gasteiger charge is -2.32. The molecule has 76 valence electrons. The maximum Gasteiger partial charge on any atom is 0.157 e. The molecule has 0 N–H and O–H groups in total. The number of ether oxygens (including phenoxy) is 1. The molecule has 4 atom stereocenters. The van der Waals surface area contributed by atoms with Crippen LogP contribution in [0.25, 0.3) is 0 Å². The van der Waals surface area contributed by atoms with E-state index in [1.54, 1.807) is 13.0 Å². The fraction of sp³-hybridized carbons (Fsp3) is 0.800. The average Bonchev–Trinajstić information content (AvgIpc) is 2.13. The molecule has 1 saturated carbocycles. The Labute approximate surface area is 77.8 Å². The first kappa shape index (κ1) is 10.6. The molecule has 0 spiro atoms. The second-order valence-electron chi connectivity index (χ2n) is 3.60. The number of rotatable bonds is 3. The fourth-order valence-electron chi connectivity index (χ4n) is 1.63. The van der Waals surface area contributed by atoms with E-state index < -0.39 is 18.4 Å². The van der Waals surface area contributed by atoms with Gasteiger partial charge in [-0.3, -0.25) is 0 Å². The Hall–Kier alpha value is -0.440. The Kier molecular flexibility index (Phi) is 3.85. The zero-order valence-corrected chi connectivity index (χ0v) is 7.88. The highest BCUT2D eigenvalue weighted by Crippen LogP contribution is 2.31. The monoisotopic (exact) mass is 190 g/mol. The number of hydrogen-bond acceptors (Lipinski definition) is 1. The minimum absolute atomic E-state index is 0.182. The van der Waals surface area contributed by atoms with Gasteiger partial charge in [-0.1, -0.05) is 13.0 Å². The summed E-state index contributed by atoms with van der Waals surface area (Å²) in [5.41, 5.74) is 0. The third-order valence-electron chi connectivity index (χ3n) is 2.54. The molecule has 0 aromatic carbocycles. The Morgan fingerprint density at radius 1 is 1.38 bits per heavy atom. The van der Waals surface area contributed by atoms with Crippen LogP contribution in [0.3, 0.4) is 0 Å². The zero-order valence-electron chi connectivity index (χ0n) is 7.88. The van der Waals surface area contributed by atoms with Crippen LogP contribution < -0.4 is 0 Å². The van der Waals surface area contributed by atoms with Crippen molar-refractivity contribution in [2.45, 2.75) is 38.2 Å². The van der Waals surface area contributed by atoms with Crippen LogP contribution in [0.15, 0.2) is 12.7 Å². The maximum atomic E-state index is 13.3. The van der Waals surface area contributed by atoms with Crippen LogP contribution in [0, 0.1) is 5.92 Å². The van der Waals surface area contributed by atoms with E-state index in [2.05, 4.69) is 6.58 Å². The summed E-state index contributed by atoms with van der Waals surface area (Å²) in [6, 6.07) is 0. The van der Waals surface area contributed by atoms with Crippen molar-refractivity contribution in [1.29, 1.82) is 0 Å². The van der Waals surface area contributed by atoms with Crippen molar-refractivity contribution in [1.82, 2.24) is 0 Å². The highest BCUT2D eigenvalue weighted by atomic mass is 19.2. The van der Waals surface area contributed by atoms with E-state index >= 15 is 0 Å². The van der Waals surface area contributed by atoms with Gasteiger partial charge >= 0.3 is 0 Å². The Bertz CT molecular complexity index is 172. The lowest BCUT2D eigenvalue weighted by atomic mass is 9.85. The smallest absolute Gasteiger partial charge is 0.157 e. The van der Waals surface area contributed by atoms with Gasteiger partial charge in [-0.25, -0.2) is 8.78 Å². The molecule has 13 heavy (non-hydrogen) atoms. The molecule has 0 amide bonds. The minimum atomic E-state index is -1.47. The summed E-state index contributed by atoms with van der Waals surface area (Å²) in [5.74, 6) is -0.182. The normalized spacial score (nSPS) is 40.2. The molecule has 1 fully saturated rings. The summed E-state index contributed by atoms with van der Waals surface area (Å²) in [6.07, 6.45) is -0.561. The van der Waals surface area contributed by atoms with Gasteiger partial charge in [-0.15, -0.1) is 6.58 Å². The first-order valence-corrected chi connectivity index (χ1v) is 4.67. The molecule has 0 aliphatic heterocycles. The van der Waals surface area contributed by atoms with Gasteiger partial charge in [0, 0.05) is 0 Å². The van der Waals surface area contributed by atoms with E-state index in [-0.39, 0.29) is 5.92 Å². The first-order chi connectivity index (χ1) is 6.16. The third-order valence-corrected chi connectivity index (χ3v) is 2.54. The summed E-state index contributed by atoms with van der Waals surface area (Å²) in [5, 5.41) is 0. The number of halogens is 2. The molecule has 1 aliphatic carbocycles. The molecule has 0 aromatic rings. The predicted molar refractivity (Wildman–Crippen MR) is 48.1 cm³/mol. The molecule has 0 saturated heterocycles. The number of hydrogen-bond donors (Lipinski definition) is 0. The van der Waals surface area contributed by atoms with Crippen LogP contribution in [0.2, 0.25) is 0 Å². The highest BCUT2D eigenvalue weighted by Gasteiger charge is 2.38. The summed E-state index contributed by atoms with van der Waals surface area (Å²) in [6.45, 7) is 5.50. The SMILES string of the molecule is C=CCOC1CC[C@@H](C)C(F)C1F. The molecule has 3 heteroatoms. The van der Waals surface area contributed by atoms with Gasteiger partial charge in [0.2, 0.25) is 0 Å². The van der Waals surface area contributed by atoms with Gasteiger partial charge in [0.25, 0.3) is 0 Å². The lowest BCUT2D eigenvalue weighted by Crippen LogP contribution is -2.41. The van der Waals surface area contributed by atoms with E-state index in [9.17, 15) is 8.78 Å². The molecule has 1 aliphatic rings. The fourth-order valence-corrected chi connectivity index (χ4v) is 1.63. The van der Waals surface area contributed by atoms with Gasteiger partial charge in [0.15, 0.2) is 6.17 Å². The molecule has 0 aromatic heterocycles. The minimum Gasteiger partial charge on any atom is -0.371 e. The van der Waals surface area contributed by atoms with Gasteiger partial charge in [-0.2, -0.15) is 0 Å². The zero-order chi connectivity index (χ0) is 9.84. The molecule has 3 unspecified atom stereocenters. The van der Waals surface area contributed by atoms with Gasteiger partial charge < -0.3 is 4.74 Å². The van der Waals surface area contributed by atoms with Crippen molar-refractivity contribution in [2.75, 3.05) is 6.61 Å². The molecule has 1 nitrogen and oxygen atoms in total. The third kappa shape index (κ3) is 2.50. The topological polar surface area (TPSA) is 9.23 Å². The van der Waals surface area contributed by atoms with Crippen molar-refractivity contribution in [2.24, 2.45) is 5.92 Å². The van der Waals surface area contributed by atoms with E-state index in [0.717, 1.165) is 0 Å². The van der Waals surface area contributed by atoms with Crippen LogP contribution in [-0.2, 0) is 4.74 Å². The van der Waals surface area contributed by atoms with E-state index in [0.29, 0.717) is 19.4 Å². The summed E-state index contributed by atoms with van der Waals surface area (Å²) >= 11 is 0. The van der Waals surface area contributed by atoms with Crippen LogP contribution in [0.4, 0.5) is 8.78 Å². The van der Waals surface area contributed by atoms with Crippen LogP contribution >= 0.6 is 0 Å². The average molecular weight is 190 g/mol. The van der Waals surface area contributed by atoms with Crippen molar-refractivity contribution >= 4 is 0 Å². The molecular formula is C10H16F2O. The summed E-state index contributed by atoms with van der Waals surface area (Å²) in [7, 11) is 0. The molecule has 0 heterocycles. The molecular weight excluding hydrogens is 174 g/mol. The van der Waals surface area contributed by atoms with Crippen LogP contribution in [-0.4, -0.2) is 25.1 Å². The van der Waals surface area contributed by atoms with E-state index in [4.69, 9.17) is 4.74 Å². The van der Waals surface area contributed by atoms with Crippen molar-refractivity contribution in [3.8, 4) is 0 Å². The van der Waals surface area contributed by atoms with Crippen LogP contribution in [0.1, 0.15) is 19.8 Å². The molecule has 0 bridgehead atoms. The van der Waals surface area contributed by atoms with Crippen LogP contribution in [0.5, 0.6) is 0 Å². The molecule has 0 radical (unpaired) electrons. The second kappa shape index (κ2) is 4.70. The quantitative estimate of drug-likeness (QED) is 0.622. The summed E-state index contributed by atoms with van der Waals surface area (Å²) in [4.78, 5) is 0. The summed E-state index contributed by atoms with van der Waals surface area (Å²) < 4.78 is 31.6. The van der Waals surface area contributed by atoms with Crippen molar-refractivity contribution in [3.05, 3.63) is 12.7 Å². The Morgan fingerprint density at radius 2 is 2.08 bits per heavy atom. The van der Waals surface area contributed by atoms with Gasteiger partial charge in [0.1, 0.15) is 6.17 Å². The van der Waals surface area contributed by atoms with E-state index in [1.165, 1.54) is 0 Å².